The number of aryl methyl sites for hydroxylation is 1. The molecule has 0 atom stereocenters. The van der Waals surface area contributed by atoms with Crippen LogP contribution in [0.2, 0.25) is 5.02 Å². The first-order chi connectivity index (χ1) is 11.1. The minimum atomic E-state index is -0.474. The van der Waals surface area contributed by atoms with Gasteiger partial charge in [-0.25, -0.2) is 4.98 Å². The van der Waals surface area contributed by atoms with Crippen molar-refractivity contribution in [3.63, 3.8) is 0 Å². The average molecular weight is 328 g/mol. The number of carbonyl (C=O) groups is 1. The number of carbonyl (C=O) groups excluding carboxylic acids is 1. The molecule has 1 N–H and O–H groups in total. The van der Waals surface area contributed by atoms with Crippen LogP contribution in [0.5, 0.6) is 0 Å². The number of nitrogens with zero attached hydrogens (tertiary/aromatic N) is 2. The minimum Gasteiger partial charge on any atom is -0.348 e. The number of halogens is 1. The van der Waals surface area contributed by atoms with Gasteiger partial charge in [0.2, 0.25) is 0 Å². The van der Waals surface area contributed by atoms with E-state index in [0.717, 1.165) is 11.1 Å². The van der Waals surface area contributed by atoms with E-state index in [-0.39, 0.29) is 12.1 Å². The Labute approximate surface area is 137 Å². The summed E-state index contributed by atoms with van der Waals surface area (Å²) in [5.41, 5.74) is 1.80. The highest BCUT2D eigenvalue weighted by Crippen LogP contribution is 2.14. The molecule has 116 valence electrons. The molecule has 0 radical (unpaired) electrons. The summed E-state index contributed by atoms with van der Waals surface area (Å²) >= 11 is 6.05. The first-order valence-electron chi connectivity index (χ1n) is 7.06. The molecule has 2 heterocycles. The quantitative estimate of drug-likeness (QED) is 0.804. The molecule has 6 heteroatoms. The molecule has 0 aliphatic rings. The van der Waals surface area contributed by atoms with Gasteiger partial charge in [0.25, 0.3) is 11.5 Å². The summed E-state index contributed by atoms with van der Waals surface area (Å²) in [6.45, 7) is 2.10. The number of amides is 1. The first-order valence-corrected chi connectivity index (χ1v) is 7.44. The second-order valence-corrected chi connectivity index (χ2v) is 5.54. The van der Waals surface area contributed by atoms with Crippen LogP contribution < -0.4 is 10.9 Å². The van der Waals surface area contributed by atoms with Crippen LogP contribution >= 0.6 is 11.6 Å². The molecule has 0 aliphatic carbocycles. The Kier molecular flexibility index (Phi) is 4.12. The number of nitrogens with one attached hydrogen (secondary N) is 1. The van der Waals surface area contributed by atoms with Crippen LogP contribution in [0.25, 0.3) is 5.65 Å². The molecule has 0 saturated carbocycles. The van der Waals surface area contributed by atoms with E-state index in [1.807, 2.05) is 31.2 Å². The van der Waals surface area contributed by atoms with Crippen molar-refractivity contribution in [1.82, 2.24) is 14.7 Å². The van der Waals surface area contributed by atoms with Gasteiger partial charge in [0.05, 0.1) is 0 Å². The smallest absolute Gasteiger partial charge is 0.270 e. The minimum absolute atomic E-state index is 0.000142. The van der Waals surface area contributed by atoms with E-state index in [2.05, 4.69) is 10.3 Å². The molecule has 0 unspecified atom stereocenters. The molecule has 0 spiro atoms. The summed E-state index contributed by atoms with van der Waals surface area (Å²) in [4.78, 5) is 28.9. The van der Waals surface area contributed by atoms with Gasteiger partial charge >= 0.3 is 0 Å². The van der Waals surface area contributed by atoms with E-state index in [1.165, 1.54) is 10.6 Å². The molecule has 3 aromatic rings. The van der Waals surface area contributed by atoms with Gasteiger partial charge in [-0.2, -0.15) is 0 Å². The lowest BCUT2D eigenvalue weighted by atomic mass is 10.2. The molecule has 2 aromatic heterocycles. The monoisotopic (exact) mass is 327 g/mol. The largest absolute Gasteiger partial charge is 0.348 e. The van der Waals surface area contributed by atoms with Crippen molar-refractivity contribution in [3.05, 3.63) is 80.9 Å². The standard InChI is InChI=1S/C17H14ClN3O2/c1-11-5-4-8-21-15(11)19-10-13(17(21)23)16(22)20-9-12-6-2-3-7-14(12)18/h2-8,10H,9H2,1H3,(H,20,22). The number of hydrogen-bond donors (Lipinski definition) is 1. The fourth-order valence-corrected chi connectivity index (χ4v) is 2.52. The van der Waals surface area contributed by atoms with Gasteiger partial charge in [0, 0.05) is 24.0 Å². The molecule has 0 aliphatic heterocycles. The van der Waals surface area contributed by atoms with Crippen molar-refractivity contribution < 1.29 is 4.79 Å². The molecule has 23 heavy (non-hydrogen) atoms. The number of aromatic nitrogens is 2. The third-order valence-corrected chi connectivity index (χ3v) is 3.94. The zero-order valence-electron chi connectivity index (χ0n) is 12.4. The van der Waals surface area contributed by atoms with E-state index >= 15 is 0 Å². The number of pyridine rings is 1. The lowest BCUT2D eigenvalue weighted by Gasteiger charge is -2.08. The molecule has 5 nitrogen and oxygen atoms in total. The van der Waals surface area contributed by atoms with Crippen molar-refractivity contribution in [2.45, 2.75) is 13.5 Å². The van der Waals surface area contributed by atoms with E-state index in [4.69, 9.17) is 11.6 Å². The van der Waals surface area contributed by atoms with Crippen molar-refractivity contribution in [2.75, 3.05) is 0 Å². The summed E-state index contributed by atoms with van der Waals surface area (Å²) in [5.74, 6) is -0.474. The maximum Gasteiger partial charge on any atom is 0.270 e. The van der Waals surface area contributed by atoms with Gasteiger partial charge in [-0.3, -0.25) is 14.0 Å². The van der Waals surface area contributed by atoms with E-state index < -0.39 is 11.5 Å². The van der Waals surface area contributed by atoms with Gasteiger partial charge in [-0.05, 0) is 30.2 Å². The SMILES string of the molecule is Cc1cccn2c(=O)c(C(=O)NCc3ccccc3Cl)cnc12. The van der Waals surface area contributed by atoms with E-state index in [9.17, 15) is 9.59 Å². The molecule has 1 amide bonds. The summed E-state index contributed by atoms with van der Waals surface area (Å²) in [6, 6.07) is 10.8. The Morgan fingerprint density at radius 1 is 1.26 bits per heavy atom. The van der Waals surface area contributed by atoms with Gasteiger partial charge in [0.1, 0.15) is 11.2 Å². The van der Waals surface area contributed by atoms with Crippen LogP contribution in [-0.2, 0) is 6.54 Å². The van der Waals surface area contributed by atoms with Crippen LogP contribution in [0, 0.1) is 6.92 Å². The Bertz CT molecular complexity index is 950. The predicted octanol–water partition coefficient (Wildman–Crippen LogP) is 2.59. The van der Waals surface area contributed by atoms with Crippen LogP contribution in [0.1, 0.15) is 21.5 Å². The van der Waals surface area contributed by atoms with Crippen LogP contribution in [0.3, 0.4) is 0 Å². The lowest BCUT2D eigenvalue weighted by molar-refractivity contribution is 0.0949. The molecule has 0 bridgehead atoms. The molecule has 3 rings (SSSR count). The highest BCUT2D eigenvalue weighted by atomic mass is 35.5. The summed E-state index contributed by atoms with van der Waals surface area (Å²) in [7, 11) is 0. The molecule has 0 saturated heterocycles. The van der Waals surface area contributed by atoms with Crippen molar-refractivity contribution in [1.29, 1.82) is 0 Å². The third-order valence-electron chi connectivity index (χ3n) is 3.57. The Balaban J connectivity index is 1.88. The first kappa shape index (κ1) is 15.2. The number of rotatable bonds is 3. The highest BCUT2D eigenvalue weighted by molar-refractivity contribution is 6.31. The topological polar surface area (TPSA) is 63.5 Å². The van der Waals surface area contributed by atoms with Crippen molar-refractivity contribution in [3.8, 4) is 0 Å². The van der Waals surface area contributed by atoms with E-state index in [0.29, 0.717) is 10.7 Å². The lowest BCUT2D eigenvalue weighted by Crippen LogP contribution is -2.31. The van der Waals surface area contributed by atoms with Gasteiger partial charge in [-0.15, -0.1) is 0 Å². The highest BCUT2D eigenvalue weighted by Gasteiger charge is 2.14. The van der Waals surface area contributed by atoms with Gasteiger partial charge in [-0.1, -0.05) is 35.9 Å². The van der Waals surface area contributed by atoms with Gasteiger partial charge < -0.3 is 5.32 Å². The number of benzene rings is 1. The summed E-state index contributed by atoms with van der Waals surface area (Å²) in [6.07, 6.45) is 2.91. The van der Waals surface area contributed by atoms with Crippen LogP contribution in [-0.4, -0.2) is 15.3 Å². The fourth-order valence-electron chi connectivity index (χ4n) is 2.32. The van der Waals surface area contributed by atoms with Crippen molar-refractivity contribution in [2.24, 2.45) is 0 Å². The summed E-state index contributed by atoms with van der Waals surface area (Å²) < 4.78 is 1.37. The Morgan fingerprint density at radius 2 is 2.04 bits per heavy atom. The number of hydrogen-bond acceptors (Lipinski definition) is 3. The third kappa shape index (κ3) is 2.96. The van der Waals surface area contributed by atoms with Crippen molar-refractivity contribution >= 4 is 23.2 Å². The normalized spacial score (nSPS) is 10.7. The maximum absolute atomic E-state index is 12.4. The van der Waals surface area contributed by atoms with Gasteiger partial charge in [0.15, 0.2) is 0 Å². The predicted molar refractivity (Wildman–Crippen MR) is 88.8 cm³/mol. The van der Waals surface area contributed by atoms with Crippen LogP contribution in [0.4, 0.5) is 0 Å². The maximum atomic E-state index is 12.4. The average Bonchev–Trinajstić information content (AvgIpc) is 2.55. The zero-order valence-corrected chi connectivity index (χ0v) is 13.2. The Morgan fingerprint density at radius 3 is 2.83 bits per heavy atom. The zero-order chi connectivity index (χ0) is 16.4. The fraction of sp³-hybridized carbons (Fsp3) is 0.118. The second kappa shape index (κ2) is 6.22. The molecular weight excluding hydrogens is 314 g/mol. The summed E-state index contributed by atoms with van der Waals surface area (Å²) in [5, 5.41) is 3.27. The van der Waals surface area contributed by atoms with E-state index in [1.54, 1.807) is 18.3 Å². The second-order valence-electron chi connectivity index (χ2n) is 5.14. The van der Waals surface area contributed by atoms with Crippen LogP contribution in [0.15, 0.2) is 53.6 Å². The molecule has 1 aromatic carbocycles. The molecule has 0 fully saturated rings. The Hall–Kier alpha value is -2.66. The molecular formula is C17H14ClN3O2. The number of fused-ring (bicyclic) bond motifs is 1.